The van der Waals surface area contributed by atoms with Crippen LogP contribution in [0.15, 0.2) is 49.2 Å². The summed E-state index contributed by atoms with van der Waals surface area (Å²) < 4.78 is 16.5. The smallest absolute Gasteiger partial charge is 0.227 e. The van der Waals surface area contributed by atoms with Crippen LogP contribution in [-0.2, 0) is 16.0 Å². The highest BCUT2D eigenvalue weighted by Crippen LogP contribution is 2.46. The number of halogens is 2. The maximum atomic E-state index is 12.1. The number of fused-ring (bicyclic) bond motifs is 1. The number of nitrogens with zero attached hydrogens (tertiary/aromatic N) is 3. The molecule has 42 heavy (non-hydrogen) atoms. The molecule has 218 valence electrons. The van der Waals surface area contributed by atoms with Crippen molar-refractivity contribution in [2.75, 3.05) is 38.1 Å². The van der Waals surface area contributed by atoms with Gasteiger partial charge >= 0.3 is 0 Å². The van der Waals surface area contributed by atoms with Crippen LogP contribution >= 0.6 is 23.2 Å². The van der Waals surface area contributed by atoms with E-state index in [-0.39, 0.29) is 18.2 Å². The Morgan fingerprint density at radius 1 is 1.12 bits per heavy atom. The summed E-state index contributed by atoms with van der Waals surface area (Å²) in [6.07, 6.45) is 4.90. The number of rotatable bonds is 10. The van der Waals surface area contributed by atoms with E-state index in [0.717, 1.165) is 35.0 Å². The van der Waals surface area contributed by atoms with E-state index in [2.05, 4.69) is 22.2 Å². The van der Waals surface area contributed by atoms with Crippen molar-refractivity contribution in [3.05, 3.63) is 70.4 Å². The monoisotopic (exact) mass is 607 g/mol. The third kappa shape index (κ3) is 6.13. The molecule has 0 aliphatic carbocycles. The number of carbonyl (C=O) groups is 1. The highest BCUT2D eigenvalue weighted by Gasteiger charge is 2.23. The van der Waals surface area contributed by atoms with Crippen molar-refractivity contribution in [1.82, 2.24) is 15.0 Å². The van der Waals surface area contributed by atoms with Crippen LogP contribution in [0.25, 0.3) is 22.2 Å². The molecule has 2 aromatic carbocycles. The number of hydrogen-bond acceptors (Lipinski definition) is 9. The standard InChI is InChI=1S/C31H31Cl2N5O4/c1-5-21(39)13-18-8-6-7-17(2)28(18)37-31-34-16-19-14-22(25-26(32)23(40-3)15-24(41-4)27(25)33)36-30(29(19)38-31)35-20-9-11-42-12-10-20/h5-8,14-16,20H,1,9-13H2,2-4H3,(H,35,36)(H,34,37,38). The SMILES string of the molecule is C=CC(=O)Cc1cccc(C)c1Nc1ncc2cc(-c3c(Cl)c(OC)cc(OC)c3Cl)nc(NC3CCOCC3)c2n1. The van der Waals surface area contributed by atoms with Crippen LogP contribution in [0.3, 0.4) is 0 Å². The normalized spacial score (nSPS) is 13.5. The number of ether oxygens (including phenoxy) is 3. The van der Waals surface area contributed by atoms with Crippen molar-refractivity contribution >= 4 is 57.3 Å². The molecule has 1 aliphatic heterocycles. The van der Waals surface area contributed by atoms with Gasteiger partial charge in [0.2, 0.25) is 5.95 Å². The molecule has 0 spiro atoms. The molecule has 0 amide bonds. The van der Waals surface area contributed by atoms with Crippen LogP contribution < -0.4 is 20.1 Å². The van der Waals surface area contributed by atoms with Gasteiger partial charge in [-0.1, -0.05) is 48.0 Å². The van der Waals surface area contributed by atoms with Gasteiger partial charge in [-0.2, -0.15) is 0 Å². The lowest BCUT2D eigenvalue weighted by atomic mass is 10.0. The number of methoxy groups -OCH3 is 2. The number of aromatic nitrogens is 3. The largest absolute Gasteiger partial charge is 0.495 e. The lowest BCUT2D eigenvalue weighted by molar-refractivity contribution is -0.114. The van der Waals surface area contributed by atoms with Gasteiger partial charge in [-0.3, -0.25) is 4.79 Å². The van der Waals surface area contributed by atoms with E-state index in [9.17, 15) is 4.79 Å². The number of carbonyl (C=O) groups excluding carboxylic acids is 1. The molecule has 0 unspecified atom stereocenters. The lowest BCUT2D eigenvalue weighted by Gasteiger charge is -2.24. The molecule has 0 radical (unpaired) electrons. The fourth-order valence-corrected chi connectivity index (χ4v) is 5.59. The number of para-hydroxylation sites is 1. The highest BCUT2D eigenvalue weighted by atomic mass is 35.5. The summed E-state index contributed by atoms with van der Waals surface area (Å²) >= 11 is 13.5. The Hall–Kier alpha value is -3.92. The topological polar surface area (TPSA) is 107 Å². The fraction of sp³-hybridized carbons (Fsp3) is 0.290. The summed E-state index contributed by atoms with van der Waals surface area (Å²) in [4.78, 5) is 26.6. The molecular formula is C31H31Cl2N5O4. The Kier molecular flexibility index (Phi) is 9.11. The van der Waals surface area contributed by atoms with Gasteiger partial charge in [-0.25, -0.2) is 15.0 Å². The minimum Gasteiger partial charge on any atom is -0.495 e. The molecule has 0 saturated carbocycles. The number of ketones is 1. The van der Waals surface area contributed by atoms with Crippen molar-refractivity contribution < 1.29 is 19.0 Å². The number of allylic oxidation sites excluding steroid dienone is 1. The average Bonchev–Trinajstić information content (AvgIpc) is 2.99. The van der Waals surface area contributed by atoms with E-state index >= 15 is 0 Å². The summed E-state index contributed by atoms with van der Waals surface area (Å²) in [6, 6.07) is 9.39. The Balaban J connectivity index is 1.63. The first-order valence-corrected chi connectivity index (χ1v) is 14.2. The quantitative estimate of drug-likeness (QED) is 0.185. The van der Waals surface area contributed by atoms with Gasteiger partial charge in [0.1, 0.15) is 17.0 Å². The van der Waals surface area contributed by atoms with Gasteiger partial charge in [0, 0.05) is 54.6 Å². The number of benzene rings is 2. The second kappa shape index (κ2) is 12.9. The van der Waals surface area contributed by atoms with Gasteiger partial charge < -0.3 is 24.8 Å². The van der Waals surface area contributed by atoms with E-state index in [1.165, 1.54) is 20.3 Å². The van der Waals surface area contributed by atoms with Crippen molar-refractivity contribution in [2.24, 2.45) is 0 Å². The summed E-state index contributed by atoms with van der Waals surface area (Å²) in [7, 11) is 3.06. The van der Waals surface area contributed by atoms with Gasteiger partial charge in [0.15, 0.2) is 11.6 Å². The zero-order valence-corrected chi connectivity index (χ0v) is 25.1. The molecule has 4 aromatic rings. The summed E-state index contributed by atoms with van der Waals surface area (Å²) in [6.45, 7) is 6.87. The third-order valence-electron chi connectivity index (χ3n) is 7.15. The van der Waals surface area contributed by atoms with Gasteiger partial charge in [0.25, 0.3) is 0 Å². The molecule has 9 nitrogen and oxygen atoms in total. The molecular weight excluding hydrogens is 577 g/mol. The molecule has 5 rings (SSSR count). The Bertz CT molecular complexity index is 1630. The molecule has 0 bridgehead atoms. The van der Waals surface area contributed by atoms with Crippen LogP contribution in [0, 0.1) is 6.92 Å². The van der Waals surface area contributed by atoms with Gasteiger partial charge in [-0.05, 0) is 43.0 Å². The molecule has 0 atom stereocenters. The Morgan fingerprint density at radius 3 is 2.50 bits per heavy atom. The van der Waals surface area contributed by atoms with E-state index in [1.54, 1.807) is 12.3 Å². The first-order valence-electron chi connectivity index (χ1n) is 13.5. The number of hydrogen-bond donors (Lipinski definition) is 2. The van der Waals surface area contributed by atoms with E-state index in [1.807, 2.05) is 31.2 Å². The maximum absolute atomic E-state index is 12.1. The number of pyridine rings is 1. The van der Waals surface area contributed by atoms with E-state index in [4.69, 9.17) is 47.4 Å². The maximum Gasteiger partial charge on any atom is 0.227 e. The minimum atomic E-state index is -0.0748. The van der Waals surface area contributed by atoms with Crippen LogP contribution in [0.5, 0.6) is 11.5 Å². The Morgan fingerprint density at radius 2 is 1.83 bits per heavy atom. The number of anilines is 3. The van der Waals surface area contributed by atoms with E-state index in [0.29, 0.717) is 63.3 Å². The zero-order chi connectivity index (χ0) is 29.8. The lowest BCUT2D eigenvalue weighted by Crippen LogP contribution is -2.28. The second-order valence-corrected chi connectivity index (χ2v) is 10.6. The minimum absolute atomic E-state index is 0.0748. The highest BCUT2D eigenvalue weighted by molar-refractivity contribution is 6.41. The van der Waals surface area contributed by atoms with Crippen molar-refractivity contribution in [3.8, 4) is 22.8 Å². The van der Waals surface area contributed by atoms with Crippen molar-refractivity contribution in [3.63, 3.8) is 0 Å². The van der Waals surface area contributed by atoms with Gasteiger partial charge in [0.05, 0.1) is 30.0 Å². The fourth-order valence-electron chi connectivity index (χ4n) is 4.90. The van der Waals surface area contributed by atoms with Crippen LogP contribution in [0.2, 0.25) is 10.0 Å². The average molecular weight is 609 g/mol. The first kappa shape index (κ1) is 29.6. The molecule has 1 aliphatic rings. The predicted octanol–water partition coefficient (Wildman–Crippen LogP) is 6.96. The third-order valence-corrected chi connectivity index (χ3v) is 7.90. The first-order chi connectivity index (χ1) is 20.3. The van der Waals surface area contributed by atoms with Crippen LogP contribution in [0.4, 0.5) is 17.5 Å². The van der Waals surface area contributed by atoms with Crippen molar-refractivity contribution in [1.29, 1.82) is 0 Å². The molecule has 3 heterocycles. The number of aryl methyl sites for hydroxylation is 1. The summed E-state index contributed by atoms with van der Waals surface area (Å²) in [5.74, 6) is 1.67. The Labute approximate surface area is 254 Å². The number of nitrogens with one attached hydrogen (secondary N) is 2. The molecule has 2 aromatic heterocycles. The second-order valence-electron chi connectivity index (χ2n) is 9.88. The predicted molar refractivity (Wildman–Crippen MR) is 167 cm³/mol. The molecule has 1 saturated heterocycles. The van der Waals surface area contributed by atoms with Crippen LogP contribution in [-0.4, -0.2) is 54.2 Å². The summed E-state index contributed by atoms with van der Waals surface area (Å²) in [5, 5.41) is 8.24. The molecule has 1 fully saturated rings. The molecule has 2 N–H and O–H groups in total. The van der Waals surface area contributed by atoms with Gasteiger partial charge in [-0.15, -0.1) is 0 Å². The molecule has 11 heteroatoms. The van der Waals surface area contributed by atoms with Crippen LogP contribution in [0.1, 0.15) is 24.0 Å². The zero-order valence-electron chi connectivity index (χ0n) is 23.6. The summed E-state index contributed by atoms with van der Waals surface area (Å²) in [5.41, 5.74) is 4.16. The van der Waals surface area contributed by atoms with Crippen molar-refractivity contribution in [2.45, 2.75) is 32.2 Å². The van der Waals surface area contributed by atoms with E-state index < -0.39 is 0 Å².